The zero-order valence-electron chi connectivity index (χ0n) is 18.5. The predicted octanol–water partition coefficient (Wildman–Crippen LogP) is 4.98. The van der Waals surface area contributed by atoms with Crippen LogP contribution in [-0.2, 0) is 30.2 Å². The molecule has 0 aromatic heterocycles. The summed E-state index contributed by atoms with van der Waals surface area (Å²) in [5.41, 5.74) is -2.02. The molecule has 0 saturated carbocycles. The van der Waals surface area contributed by atoms with Crippen molar-refractivity contribution < 1.29 is 92.9 Å². The average molecular weight is 675 g/mol. The smallest absolute Gasteiger partial charge is 0.458 e. The molecule has 1 atom stereocenters. The molecule has 0 saturated heterocycles. The van der Waals surface area contributed by atoms with Crippen LogP contribution in [0.2, 0.25) is 0 Å². The molecular formula is C16H8F15NO7S2. The van der Waals surface area contributed by atoms with Crippen LogP contribution in [-0.4, -0.2) is 77.4 Å². The quantitative estimate of drug-likeness (QED) is 0.133. The third-order valence-electron chi connectivity index (χ3n) is 4.50. The van der Waals surface area contributed by atoms with E-state index in [9.17, 15) is 93.4 Å². The van der Waals surface area contributed by atoms with Gasteiger partial charge in [-0.2, -0.15) is 57.1 Å². The Kier molecular flexibility index (Phi) is 9.78. The van der Waals surface area contributed by atoms with Crippen molar-refractivity contribution in [1.82, 2.24) is 0 Å². The van der Waals surface area contributed by atoms with E-state index in [1.54, 1.807) is 0 Å². The summed E-state index contributed by atoms with van der Waals surface area (Å²) < 4.78 is 233. The molecule has 1 rings (SSSR count). The summed E-state index contributed by atoms with van der Waals surface area (Å²) in [5, 5.41) is 4.64. The van der Waals surface area contributed by atoms with E-state index in [0.29, 0.717) is 0 Å². The van der Waals surface area contributed by atoms with Crippen molar-refractivity contribution in [3.63, 3.8) is 0 Å². The number of carbonyl (C=O) groups is 1. The molecule has 41 heavy (non-hydrogen) atoms. The fraction of sp³-hybridized carbons (Fsp3) is 0.562. The van der Waals surface area contributed by atoms with Gasteiger partial charge in [0.1, 0.15) is 15.7 Å². The van der Waals surface area contributed by atoms with E-state index in [1.165, 1.54) is 0 Å². The number of benzene rings is 1. The van der Waals surface area contributed by atoms with Crippen molar-refractivity contribution in [2.75, 3.05) is 12.4 Å². The van der Waals surface area contributed by atoms with Gasteiger partial charge in [-0.3, -0.25) is 14.9 Å². The molecule has 0 aliphatic rings. The Morgan fingerprint density at radius 2 is 1.41 bits per heavy atom. The number of rotatable bonds is 12. The van der Waals surface area contributed by atoms with Crippen LogP contribution in [0.4, 0.5) is 71.5 Å². The van der Waals surface area contributed by atoms with Crippen LogP contribution in [0.3, 0.4) is 0 Å². The average Bonchev–Trinajstić information content (AvgIpc) is 2.80. The van der Waals surface area contributed by atoms with Gasteiger partial charge in [0.15, 0.2) is 22.2 Å². The third kappa shape index (κ3) is 6.63. The van der Waals surface area contributed by atoms with Crippen molar-refractivity contribution in [3.05, 3.63) is 28.3 Å². The standard InChI is InChI=1S/C16H8F15NO7S2/c17-10(18)12(21,22)13(23,24)11(19,20)5-39-9(33)4-41(37,38)8-2-1-6(3-7(8)32(34)35)40(36)16(30,31)14(25,26)15(27,28)29/h1-3,10H,4-5H2. The van der Waals surface area contributed by atoms with Gasteiger partial charge in [0, 0.05) is 6.07 Å². The normalized spacial score (nSPS) is 15.1. The van der Waals surface area contributed by atoms with E-state index in [4.69, 9.17) is 0 Å². The number of nitro benzene ring substituents is 1. The molecule has 236 valence electrons. The van der Waals surface area contributed by atoms with E-state index in [2.05, 4.69) is 4.74 Å². The van der Waals surface area contributed by atoms with Crippen LogP contribution in [0.25, 0.3) is 0 Å². The van der Waals surface area contributed by atoms with E-state index in [1.807, 2.05) is 0 Å². The van der Waals surface area contributed by atoms with Crippen molar-refractivity contribution in [2.45, 2.75) is 51.3 Å². The Morgan fingerprint density at radius 1 is 0.927 bits per heavy atom. The fourth-order valence-electron chi connectivity index (χ4n) is 2.36. The van der Waals surface area contributed by atoms with Gasteiger partial charge in [0.2, 0.25) is 0 Å². The first-order chi connectivity index (χ1) is 18.0. The number of nitrogens with zero attached hydrogens (tertiary/aromatic N) is 1. The van der Waals surface area contributed by atoms with Crippen LogP contribution in [0.5, 0.6) is 0 Å². The highest BCUT2D eigenvalue weighted by molar-refractivity contribution is 7.92. The van der Waals surface area contributed by atoms with E-state index in [-0.39, 0.29) is 12.1 Å². The van der Waals surface area contributed by atoms with Crippen molar-refractivity contribution in [1.29, 1.82) is 0 Å². The molecule has 0 aliphatic heterocycles. The van der Waals surface area contributed by atoms with Crippen LogP contribution < -0.4 is 0 Å². The molecule has 1 unspecified atom stereocenters. The molecule has 8 nitrogen and oxygen atoms in total. The van der Waals surface area contributed by atoms with Crippen LogP contribution in [0.1, 0.15) is 0 Å². The Morgan fingerprint density at radius 3 is 1.83 bits per heavy atom. The topological polar surface area (TPSA) is 121 Å². The van der Waals surface area contributed by atoms with Crippen molar-refractivity contribution >= 4 is 32.3 Å². The van der Waals surface area contributed by atoms with Gasteiger partial charge >= 0.3 is 47.5 Å². The molecule has 0 bridgehead atoms. The van der Waals surface area contributed by atoms with Gasteiger partial charge in [-0.1, -0.05) is 0 Å². The minimum absolute atomic E-state index is 0.219. The zero-order valence-corrected chi connectivity index (χ0v) is 20.1. The monoisotopic (exact) mass is 675 g/mol. The Bertz CT molecular complexity index is 1310. The summed E-state index contributed by atoms with van der Waals surface area (Å²) in [6, 6.07) is -0.958. The van der Waals surface area contributed by atoms with Gasteiger partial charge in [0.25, 0.3) is 5.69 Å². The van der Waals surface area contributed by atoms with Crippen LogP contribution in [0, 0.1) is 10.1 Å². The fourth-order valence-corrected chi connectivity index (χ4v) is 4.70. The lowest BCUT2D eigenvalue weighted by molar-refractivity contribution is -0.388. The lowest BCUT2D eigenvalue weighted by atomic mass is 10.1. The molecule has 0 heterocycles. The maximum atomic E-state index is 13.7. The summed E-state index contributed by atoms with van der Waals surface area (Å²) in [6.07, 6.45) is -12.4. The number of carbonyl (C=O) groups excluding carboxylic acids is 1. The van der Waals surface area contributed by atoms with Gasteiger partial charge in [-0.15, -0.1) is 0 Å². The number of alkyl halides is 15. The van der Waals surface area contributed by atoms with Gasteiger partial charge < -0.3 is 4.74 Å². The summed E-state index contributed by atoms with van der Waals surface area (Å²) in [5.74, 6) is -31.8. The first-order valence-corrected chi connectivity index (χ1v) is 12.1. The Balaban J connectivity index is 3.33. The number of hydrogen-bond donors (Lipinski definition) is 0. The molecular weight excluding hydrogens is 667 g/mol. The minimum Gasteiger partial charge on any atom is -0.458 e. The van der Waals surface area contributed by atoms with Crippen molar-refractivity contribution in [3.8, 4) is 0 Å². The summed E-state index contributed by atoms with van der Waals surface area (Å²) >= 11 is 0. The van der Waals surface area contributed by atoms with E-state index >= 15 is 0 Å². The number of ether oxygens (including phenoxy) is 1. The zero-order chi connectivity index (χ0) is 32.8. The number of esters is 1. The molecule has 0 aliphatic carbocycles. The SMILES string of the molecule is O=C(CS(=O)(=O)c1ccc(S(=O)C(F)(F)C(F)(F)C(F)(F)F)cc1[N+](=O)[O-])OCC(F)(F)C(F)(F)C(F)(F)C(F)F. The number of halogens is 15. The molecule has 1 aromatic rings. The highest BCUT2D eigenvalue weighted by Gasteiger charge is 2.77. The highest BCUT2D eigenvalue weighted by atomic mass is 32.2. The maximum Gasteiger partial charge on any atom is 0.461 e. The maximum absolute atomic E-state index is 13.7. The lowest BCUT2D eigenvalue weighted by Crippen LogP contribution is -2.59. The van der Waals surface area contributed by atoms with E-state index in [0.717, 1.165) is 0 Å². The summed E-state index contributed by atoms with van der Waals surface area (Å²) in [4.78, 5) is 17.2. The minimum atomic E-state index is -7.00. The van der Waals surface area contributed by atoms with Gasteiger partial charge in [-0.05, 0) is 12.1 Å². The highest BCUT2D eigenvalue weighted by Crippen LogP contribution is 2.50. The van der Waals surface area contributed by atoms with Crippen LogP contribution in [0.15, 0.2) is 28.0 Å². The second-order valence-electron chi connectivity index (χ2n) is 7.37. The first kappa shape index (κ1) is 36.2. The summed E-state index contributed by atoms with van der Waals surface area (Å²) in [6.45, 7) is -3.15. The molecule has 0 fully saturated rings. The predicted molar refractivity (Wildman–Crippen MR) is 99.3 cm³/mol. The molecule has 0 spiro atoms. The lowest BCUT2D eigenvalue weighted by Gasteiger charge is -2.31. The Labute approximate surface area is 217 Å². The Hall–Kier alpha value is -2.86. The molecule has 1 aromatic carbocycles. The largest absolute Gasteiger partial charge is 0.461 e. The first-order valence-electron chi connectivity index (χ1n) is 9.31. The second-order valence-corrected chi connectivity index (χ2v) is 10.8. The van der Waals surface area contributed by atoms with Crippen molar-refractivity contribution in [2.24, 2.45) is 0 Å². The number of sulfone groups is 1. The number of nitro groups is 1. The molecule has 0 radical (unpaired) electrons. The third-order valence-corrected chi connectivity index (χ3v) is 7.54. The molecule has 0 amide bonds. The van der Waals surface area contributed by atoms with Gasteiger partial charge in [0.05, 0.1) is 9.82 Å². The second kappa shape index (κ2) is 11.1. The molecule has 25 heteroatoms. The van der Waals surface area contributed by atoms with Crippen LogP contribution >= 0.6 is 0 Å². The number of hydrogen-bond acceptors (Lipinski definition) is 7. The van der Waals surface area contributed by atoms with Gasteiger partial charge in [-0.25, -0.2) is 21.4 Å². The molecule has 0 N–H and O–H groups in total. The summed E-state index contributed by atoms with van der Waals surface area (Å²) in [7, 11) is -10.4. The van der Waals surface area contributed by atoms with E-state index < -0.39 is 107 Å².